The number of aromatic amines is 2. The summed E-state index contributed by atoms with van der Waals surface area (Å²) < 4.78 is 2.71. The van der Waals surface area contributed by atoms with Crippen LogP contribution in [0.2, 0.25) is 0 Å². The van der Waals surface area contributed by atoms with Crippen molar-refractivity contribution in [2.45, 2.75) is 19.8 Å². The maximum Gasteiger partial charge on any atom is 0.232 e. The molecule has 35 heavy (non-hydrogen) atoms. The SMILES string of the molecule is CCCC(=O)n1c2cncc(c2)c2cc3c(cn2)[nH][nH]c-3c2nc3cncc(c4ccc1s4)c3n2. The molecule has 5 aromatic rings. The molecule has 7 rings (SSSR count). The molecule has 170 valence electrons. The predicted octanol–water partition coefficient (Wildman–Crippen LogP) is 5.62. The summed E-state index contributed by atoms with van der Waals surface area (Å²) >= 11 is 1.52. The van der Waals surface area contributed by atoms with Crippen LogP contribution in [0.25, 0.3) is 64.8 Å². The van der Waals surface area contributed by atoms with Gasteiger partial charge in [-0.15, -0.1) is 11.3 Å². The van der Waals surface area contributed by atoms with Gasteiger partial charge in [-0.3, -0.25) is 34.5 Å². The number of rotatable bonds is 2. The lowest BCUT2D eigenvalue weighted by molar-refractivity contribution is 0.0912. The highest BCUT2D eigenvalue weighted by Crippen LogP contribution is 2.32. The van der Waals surface area contributed by atoms with Crippen molar-refractivity contribution in [2.24, 2.45) is 0 Å². The monoisotopic (exact) mass is 478 g/mol. The van der Waals surface area contributed by atoms with Gasteiger partial charge < -0.3 is 0 Å². The van der Waals surface area contributed by atoms with E-state index in [1.807, 2.05) is 31.2 Å². The second-order valence-corrected chi connectivity index (χ2v) is 9.45. The number of aromatic nitrogens is 8. The van der Waals surface area contributed by atoms with E-state index in [2.05, 4.69) is 25.1 Å². The van der Waals surface area contributed by atoms with E-state index < -0.39 is 0 Å². The summed E-state index contributed by atoms with van der Waals surface area (Å²) in [6, 6.07) is 7.91. The quantitative estimate of drug-likeness (QED) is 0.333. The number of thiophene rings is 1. The number of carbonyl (C=O) groups excluding carboxylic acids is 1. The Hall–Kier alpha value is -4.44. The summed E-state index contributed by atoms with van der Waals surface area (Å²) in [4.78, 5) is 37.3. The van der Waals surface area contributed by atoms with E-state index in [1.165, 1.54) is 11.3 Å². The van der Waals surface area contributed by atoms with Crippen LogP contribution in [0.1, 0.15) is 24.6 Å². The van der Waals surface area contributed by atoms with Crippen LogP contribution in [0.5, 0.6) is 0 Å². The van der Waals surface area contributed by atoms with Crippen LogP contribution in [-0.4, -0.2) is 45.6 Å². The number of nitrogens with one attached hydrogen (secondary N) is 2. The first-order chi connectivity index (χ1) is 17.2. The van der Waals surface area contributed by atoms with Gasteiger partial charge >= 0.3 is 0 Å². The molecule has 2 aliphatic heterocycles. The second-order valence-electron chi connectivity index (χ2n) is 8.39. The van der Waals surface area contributed by atoms with Crippen molar-refractivity contribution in [1.29, 1.82) is 0 Å². The van der Waals surface area contributed by atoms with Crippen LogP contribution in [0.4, 0.5) is 0 Å². The largest absolute Gasteiger partial charge is 0.298 e. The average molecular weight is 479 g/mol. The molecule has 0 fully saturated rings. The molecule has 2 N–H and O–H groups in total. The zero-order valence-corrected chi connectivity index (χ0v) is 19.4. The van der Waals surface area contributed by atoms with E-state index in [9.17, 15) is 4.79 Å². The molecule has 5 aromatic heterocycles. The minimum Gasteiger partial charge on any atom is -0.298 e. The Kier molecular flexibility index (Phi) is 4.30. The van der Waals surface area contributed by atoms with Gasteiger partial charge in [0, 0.05) is 39.9 Å². The molecule has 8 bridgehead atoms. The predicted molar refractivity (Wildman–Crippen MR) is 137 cm³/mol. The molecule has 0 saturated carbocycles. The Bertz CT molecular complexity index is 1960. The topological polar surface area (TPSA) is 118 Å². The van der Waals surface area contributed by atoms with Crippen LogP contribution in [-0.2, 0) is 0 Å². The molecule has 2 aliphatic rings. The van der Waals surface area contributed by atoms with E-state index in [0.717, 1.165) is 54.5 Å². The molecule has 0 radical (unpaired) electrons. The average Bonchev–Trinajstić information content (AvgIpc) is 3.61. The number of carbonyl (C=O) groups is 1. The van der Waals surface area contributed by atoms with E-state index in [-0.39, 0.29) is 5.91 Å². The van der Waals surface area contributed by atoms with Gasteiger partial charge in [0.05, 0.1) is 35.1 Å². The van der Waals surface area contributed by atoms with Crippen molar-refractivity contribution in [2.75, 3.05) is 0 Å². The molecule has 10 heteroatoms. The van der Waals surface area contributed by atoms with Crippen LogP contribution in [0.3, 0.4) is 0 Å². The van der Waals surface area contributed by atoms with Gasteiger partial charge in [-0.1, -0.05) is 6.92 Å². The lowest BCUT2D eigenvalue weighted by Crippen LogP contribution is -2.10. The van der Waals surface area contributed by atoms with Crippen LogP contribution in [0.15, 0.2) is 55.2 Å². The Balaban J connectivity index is 1.73. The third-order valence-corrected chi connectivity index (χ3v) is 7.23. The van der Waals surface area contributed by atoms with Gasteiger partial charge in [0.25, 0.3) is 0 Å². The molecule has 0 spiro atoms. The fraction of sp³-hybridized carbons (Fsp3) is 0.120. The fourth-order valence-electron chi connectivity index (χ4n) is 4.47. The lowest BCUT2D eigenvalue weighted by atomic mass is 10.1. The van der Waals surface area contributed by atoms with Crippen LogP contribution >= 0.6 is 11.3 Å². The highest BCUT2D eigenvalue weighted by Gasteiger charge is 2.16. The van der Waals surface area contributed by atoms with Crippen molar-refractivity contribution in [1.82, 2.24) is 39.7 Å². The lowest BCUT2D eigenvalue weighted by Gasteiger charge is -2.07. The third-order valence-electron chi connectivity index (χ3n) is 6.13. The van der Waals surface area contributed by atoms with Crippen LogP contribution in [0, 0.1) is 0 Å². The molecule has 0 atom stereocenters. The number of imidazole rings is 1. The third kappa shape index (κ3) is 3.07. The summed E-state index contributed by atoms with van der Waals surface area (Å²) in [6.07, 6.45) is 9.96. The number of pyridine rings is 3. The molecular formula is C25H18N8OS. The number of hydrogen-bond acceptors (Lipinski definition) is 7. The van der Waals surface area contributed by atoms with Crippen molar-refractivity contribution in [3.63, 3.8) is 0 Å². The van der Waals surface area contributed by atoms with Gasteiger partial charge in [0.2, 0.25) is 5.91 Å². The maximum atomic E-state index is 13.3. The summed E-state index contributed by atoms with van der Waals surface area (Å²) in [6.45, 7) is 2.00. The summed E-state index contributed by atoms with van der Waals surface area (Å²) in [7, 11) is 0. The molecule has 0 aromatic carbocycles. The summed E-state index contributed by atoms with van der Waals surface area (Å²) in [5.41, 5.74) is 6.03. The van der Waals surface area contributed by atoms with Gasteiger partial charge in [0.15, 0.2) is 5.65 Å². The van der Waals surface area contributed by atoms with E-state index in [0.29, 0.717) is 23.1 Å². The molecule has 9 nitrogen and oxygen atoms in total. The first kappa shape index (κ1) is 20.0. The van der Waals surface area contributed by atoms with Crippen molar-refractivity contribution in [3.8, 4) is 11.3 Å². The molecule has 0 amide bonds. The number of hydrogen-bond donors (Lipinski definition) is 2. The minimum atomic E-state index is 0.0156. The highest BCUT2D eigenvalue weighted by atomic mass is 32.1. The molecule has 7 heterocycles. The van der Waals surface area contributed by atoms with Gasteiger partial charge in [-0.25, -0.2) is 9.97 Å². The van der Waals surface area contributed by atoms with Crippen LogP contribution < -0.4 is 0 Å². The van der Waals surface area contributed by atoms with Crippen molar-refractivity contribution < 1.29 is 4.79 Å². The maximum absolute atomic E-state index is 13.3. The van der Waals surface area contributed by atoms with E-state index in [1.54, 1.807) is 35.6 Å². The Morgan fingerprint density at radius 1 is 1.00 bits per heavy atom. The fourth-order valence-corrected chi connectivity index (χ4v) is 5.53. The summed E-state index contributed by atoms with van der Waals surface area (Å²) in [5.74, 6) is 0.0156. The Morgan fingerprint density at radius 3 is 2.83 bits per heavy atom. The van der Waals surface area contributed by atoms with Crippen molar-refractivity contribution >= 4 is 70.8 Å². The normalized spacial score (nSPS) is 11.9. The van der Waals surface area contributed by atoms with Gasteiger partial charge in [-0.2, -0.15) is 0 Å². The Labute approximate surface area is 201 Å². The van der Waals surface area contributed by atoms with Crippen molar-refractivity contribution in [3.05, 3.63) is 55.2 Å². The second kappa shape index (κ2) is 7.54. The molecule has 0 unspecified atom stereocenters. The number of nitrogens with zero attached hydrogens (tertiary/aromatic N) is 6. The van der Waals surface area contributed by atoms with Gasteiger partial charge in [-0.05, 0) is 30.7 Å². The van der Waals surface area contributed by atoms with Gasteiger partial charge in [0.1, 0.15) is 21.6 Å². The first-order valence-corrected chi connectivity index (χ1v) is 12.1. The van der Waals surface area contributed by atoms with E-state index in [4.69, 9.17) is 9.97 Å². The minimum absolute atomic E-state index is 0.0156. The summed E-state index contributed by atoms with van der Waals surface area (Å²) in [5, 5.41) is 8.06. The highest BCUT2D eigenvalue weighted by molar-refractivity contribution is 7.24. The number of fused-ring (bicyclic) bond motifs is 9. The molecule has 0 aliphatic carbocycles. The van der Waals surface area contributed by atoms with E-state index >= 15 is 0 Å². The molecule has 0 saturated heterocycles. The standard InChI is InChI=1S/C25H18N8OS/c1-2-3-21(34)33-14-6-13(8-26-9-14)17-7-15-18(12-28-17)31-32-24(15)25-29-19-11-27-10-16(23(19)30-25)20-4-5-22(33)35-20/h4-12,31-32H,2-3H2,1H3. The Morgan fingerprint density at radius 2 is 1.91 bits per heavy atom. The number of H-pyrrole nitrogens is 2. The first-order valence-electron chi connectivity index (χ1n) is 11.3. The smallest absolute Gasteiger partial charge is 0.232 e. The zero-order valence-electron chi connectivity index (χ0n) is 18.6. The zero-order chi connectivity index (χ0) is 23.5. The molecular weight excluding hydrogens is 460 g/mol.